The largest absolute Gasteiger partial charge is 1.00 e. The molecule has 0 aliphatic rings. The molecule has 3 aromatic heterocycles. The SMILES string of the molecule is COP(=O)(O)On1c(-c2ccc(C(F)(F)F)c(F)c2F)csc1=NC(=O)Cc1nsc2c1c(=O)n(C)c(=O)n2C.[Na+].[Na+]. The van der Waals surface area contributed by atoms with Gasteiger partial charge in [-0.2, -0.15) is 22.5 Å². The number of aromatic nitrogens is 4. The van der Waals surface area contributed by atoms with Crippen molar-refractivity contribution in [2.45, 2.75) is 12.6 Å². The summed E-state index contributed by atoms with van der Waals surface area (Å²) in [6, 6.07) is 0.819. The Kier molecular flexibility index (Phi) is 11.9. The van der Waals surface area contributed by atoms with Crippen molar-refractivity contribution in [3.05, 3.63) is 66.0 Å². The van der Waals surface area contributed by atoms with Gasteiger partial charge in [0.15, 0.2) is 11.6 Å². The number of alkyl halides is 3. The summed E-state index contributed by atoms with van der Waals surface area (Å²) in [7, 11) is -1.53. The summed E-state index contributed by atoms with van der Waals surface area (Å²) in [6.07, 6.45) is -5.80. The quantitative estimate of drug-likeness (QED) is 0.126. The number of carbonyl (C=O) groups excluding carboxylic acids is 1. The van der Waals surface area contributed by atoms with E-state index in [0.717, 1.165) is 33.2 Å². The number of rotatable bonds is 6. The first-order valence-corrected chi connectivity index (χ1v) is 13.7. The number of aryl methyl sites for hydroxylation is 1. The van der Waals surface area contributed by atoms with Crippen molar-refractivity contribution in [3.63, 3.8) is 0 Å². The van der Waals surface area contributed by atoms with Crippen molar-refractivity contribution >= 4 is 46.8 Å². The Morgan fingerprint density at radius 1 is 1.14 bits per heavy atom. The minimum atomic E-state index is -5.21. The second kappa shape index (κ2) is 13.6. The van der Waals surface area contributed by atoms with E-state index in [0.29, 0.717) is 22.1 Å². The van der Waals surface area contributed by atoms with E-state index in [1.54, 1.807) is 0 Å². The van der Waals surface area contributed by atoms with Crippen LogP contribution in [0.3, 0.4) is 0 Å². The van der Waals surface area contributed by atoms with Gasteiger partial charge in [-0.05, 0) is 23.7 Å². The van der Waals surface area contributed by atoms with Crippen LogP contribution in [0.15, 0.2) is 32.1 Å². The second-order valence-corrected chi connectivity index (χ2v) is 11.0. The summed E-state index contributed by atoms with van der Waals surface area (Å²) in [4.78, 5) is 50.8. The number of fused-ring (bicyclic) bond motifs is 1. The molecule has 1 N–H and O–H groups in total. The zero-order valence-electron chi connectivity index (χ0n) is 22.2. The fourth-order valence-electron chi connectivity index (χ4n) is 3.47. The molecule has 4 aromatic rings. The molecule has 0 aliphatic carbocycles. The van der Waals surface area contributed by atoms with Gasteiger partial charge in [-0.3, -0.25) is 28.1 Å². The normalized spacial score (nSPS) is 13.4. The molecule has 0 saturated heterocycles. The van der Waals surface area contributed by atoms with Gasteiger partial charge in [0.1, 0.15) is 10.5 Å². The van der Waals surface area contributed by atoms with Crippen molar-refractivity contribution in [1.29, 1.82) is 0 Å². The summed E-state index contributed by atoms with van der Waals surface area (Å²) in [5, 5.41) is 0.965. The van der Waals surface area contributed by atoms with E-state index in [1.807, 2.05) is 0 Å². The summed E-state index contributed by atoms with van der Waals surface area (Å²) in [5.74, 6) is -5.18. The van der Waals surface area contributed by atoms with Gasteiger partial charge in [-0.15, -0.1) is 16.1 Å². The fourth-order valence-corrected chi connectivity index (χ4v) is 5.64. The number of hydrogen-bond donors (Lipinski definition) is 1. The predicted molar refractivity (Wildman–Crippen MR) is 130 cm³/mol. The Balaban J connectivity index is 0.00000308. The second-order valence-electron chi connectivity index (χ2n) is 7.91. The monoisotopic (exact) mass is 673 g/mol. The molecule has 42 heavy (non-hydrogen) atoms. The first kappa shape index (κ1) is 36.7. The molecule has 0 spiro atoms. The van der Waals surface area contributed by atoms with Crippen LogP contribution in [0.25, 0.3) is 21.5 Å². The van der Waals surface area contributed by atoms with Crippen molar-refractivity contribution in [2.24, 2.45) is 19.1 Å². The van der Waals surface area contributed by atoms with Gasteiger partial charge in [0.2, 0.25) is 4.80 Å². The van der Waals surface area contributed by atoms with E-state index in [9.17, 15) is 45.8 Å². The standard InChI is InChI=1S/C20H15F5N5O7PS2.2Na/c1-28-16(32)13-10(27-40-17(13)29(2)19(28)33)6-12(31)26-18-30(37-38(34,35)36-3)11(7-39-18)8-4-5-9(20(23,24)25)15(22)14(8)21;;/h4-5,7H,6H2,1-3H3,(H,34,35);;/q;2*+1. The van der Waals surface area contributed by atoms with Gasteiger partial charge in [-0.1, -0.05) is 0 Å². The van der Waals surface area contributed by atoms with Crippen molar-refractivity contribution in [1.82, 2.24) is 18.2 Å². The van der Waals surface area contributed by atoms with Crippen molar-refractivity contribution in [2.75, 3.05) is 7.11 Å². The topological polar surface area (TPSA) is 147 Å². The average Bonchev–Trinajstić information content (AvgIpc) is 3.46. The maximum absolute atomic E-state index is 14.7. The third-order valence-corrected chi connectivity index (χ3v) is 8.03. The number of hydrogen-bond acceptors (Lipinski definition) is 9. The summed E-state index contributed by atoms with van der Waals surface area (Å²) in [6.45, 7) is 0. The minimum absolute atomic E-state index is 0. The Hall–Kier alpha value is -1.51. The molecule has 12 nitrogen and oxygen atoms in total. The molecule has 3 heterocycles. The third kappa shape index (κ3) is 7.07. The van der Waals surface area contributed by atoms with Gasteiger partial charge in [0.25, 0.3) is 11.5 Å². The zero-order chi connectivity index (χ0) is 29.7. The number of halogens is 5. The van der Waals surface area contributed by atoms with Gasteiger partial charge in [0, 0.05) is 32.1 Å². The maximum atomic E-state index is 14.7. The first-order valence-electron chi connectivity index (χ1n) is 10.5. The van der Waals surface area contributed by atoms with Crippen LogP contribution in [-0.4, -0.2) is 36.1 Å². The average molecular weight is 673 g/mol. The van der Waals surface area contributed by atoms with E-state index < -0.39 is 70.8 Å². The third-order valence-electron chi connectivity index (χ3n) is 5.43. The predicted octanol–water partition coefficient (Wildman–Crippen LogP) is -3.63. The van der Waals surface area contributed by atoms with E-state index in [1.165, 1.54) is 14.1 Å². The van der Waals surface area contributed by atoms with Gasteiger partial charge in [-0.25, -0.2) is 18.1 Å². The summed E-state index contributed by atoms with van der Waals surface area (Å²) < 4.78 is 95.5. The summed E-state index contributed by atoms with van der Waals surface area (Å²) >= 11 is 1.31. The Bertz CT molecular complexity index is 1920. The molecule has 0 fully saturated rings. The Labute approximate surface area is 283 Å². The van der Waals surface area contributed by atoms with Crippen LogP contribution in [0.5, 0.6) is 0 Å². The number of nitrogens with zero attached hydrogens (tertiary/aromatic N) is 5. The molecular weight excluding hydrogens is 658 g/mol. The van der Waals surface area contributed by atoms with Gasteiger partial charge in [0.05, 0.1) is 23.1 Å². The number of carbonyl (C=O) groups is 1. The molecule has 22 heteroatoms. The van der Waals surface area contributed by atoms with Crippen molar-refractivity contribution < 1.29 is 104 Å². The van der Waals surface area contributed by atoms with Crippen LogP contribution in [-0.2, 0) is 40.6 Å². The molecule has 1 unspecified atom stereocenters. The van der Waals surface area contributed by atoms with E-state index >= 15 is 0 Å². The van der Waals surface area contributed by atoms with Crippen LogP contribution >= 0.6 is 30.7 Å². The number of thiazole rings is 1. The molecule has 0 bridgehead atoms. The fraction of sp³-hybridized carbons (Fsp3) is 0.250. The van der Waals surface area contributed by atoms with Crippen molar-refractivity contribution in [3.8, 4) is 11.3 Å². The smallest absolute Gasteiger partial charge is 0.308 e. The van der Waals surface area contributed by atoms with Crippen LogP contribution in [0.2, 0.25) is 0 Å². The molecule has 214 valence electrons. The van der Waals surface area contributed by atoms with Gasteiger partial charge < -0.3 is 4.62 Å². The molecule has 1 atom stereocenters. The number of amides is 1. The molecular formula is C20H15F5N5Na2O7PS2+2. The zero-order valence-corrected chi connectivity index (χ0v) is 28.8. The number of phosphoric ester groups is 1. The summed E-state index contributed by atoms with van der Waals surface area (Å²) in [5.41, 5.74) is -4.65. The van der Waals surface area contributed by atoms with Crippen LogP contribution < -0.4 is 79.8 Å². The van der Waals surface area contributed by atoms with Crippen LogP contribution in [0, 0.1) is 11.6 Å². The number of benzene rings is 1. The van der Waals surface area contributed by atoms with E-state index in [-0.39, 0.29) is 81.1 Å². The molecule has 0 aliphatic heterocycles. The van der Waals surface area contributed by atoms with E-state index in [4.69, 9.17) is 4.62 Å². The molecule has 0 saturated carbocycles. The maximum Gasteiger partial charge on any atom is 1.00 e. The Morgan fingerprint density at radius 2 is 1.79 bits per heavy atom. The molecule has 1 amide bonds. The molecule has 4 rings (SSSR count). The van der Waals surface area contributed by atoms with Crippen LogP contribution in [0.4, 0.5) is 22.0 Å². The molecule has 0 radical (unpaired) electrons. The minimum Gasteiger partial charge on any atom is -0.308 e. The van der Waals surface area contributed by atoms with Gasteiger partial charge >= 0.3 is 78.8 Å². The first-order chi connectivity index (χ1) is 18.6. The van der Waals surface area contributed by atoms with Crippen LogP contribution in [0.1, 0.15) is 11.3 Å². The Morgan fingerprint density at radius 3 is 2.38 bits per heavy atom. The van der Waals surface area contributed by atoms with E-state index in [2.05, 4.69) is 13.9 Å². The molecule has 1 aromatic carbocycles. The number of phosphoric acid groups is 1.